The van der Waals surface area contributed by atoms with Crippen molar-refractivity contribution >= 4 is 84.2 Å². The second-order valence-corrected chi connectivity index (χ2v) is 26.5. The molecule has 12 aromatic rings. The second-order valence-electron chi connectivity index (χ2n) is 25.2. The monoisotopic (exact) mass is 1140 g/mol. The first-order valence-electron chi connectivity index (χ1n) is 29.5. The zero-order valence-electron chi connectivity index (χ0n) is 50.1. The van der Waals surface area contributed by atoms with Crippen LogP contribution in [0.5, 0.6) is 0 Å². The van der Waals surface area contributed by atoms with Crippen molar-refractivity contribution in [3.63, 3.8) is 0 Å². The maximum atomic E-state index is 8.55. The molecule has 0 fully saturated rings. The molecule has 0 bridgehead atoms. The van der Waals surface area contributed by atoms with Gasteiger partial charge < -0.3 is 14.7 Å². The molecule has 11 aromatic carbocycles. The molecule has 1 aromatic heterocycles. The predicted octanol–water partition coefficient (Wildman–Crippen LogP) is 24.5. The van der Waals surface area contributed by atoms with E-state index in [0.717, 1.165) is 95.5 Å². The van der Waals surface area contributed by atoms with Crippen LogP contribution in [0.4, 0.5) is 51.2 Å². The summed E-state index contributed by atoms with van der Waals surface area (Å²) in [6, 6.07) is 97.4. The molecule has 420 valence electrons. The summed E-state index contributed by atoms with van der Waals surface area (Å²) in [5.41, 5.74) is 21.3. The highest BCUT2D eigenvalue weighted by Crippen LogP contribution is 2.54. The van der Waals surface area contributed by atoms with Crippen LogP contribution < -0.4 is 14.7 Å². The van der Waals surface area contributed by atoms with E-state index >= 15 is 0 Å². The first kappa shape index (κ1) is 56.5. The Morgan fingerprint density at radius 3 is 1.26 bits per heavy atom. The van der Waals surface area contributed by atoms with E-state index < -0.39 is 0 Å². The molecule has 0 radical (unpaired) electrons. The molecule has 3 nitrogen and oxygen atoms in total. The number of hydrogen-bond acceptors (Lipinski definition) is 4. The molecule has 0 saturated heterocycles. The van der Waals surface area contributed by atoms with Gasteiger partial charge in [0.2, 0.25) is 0 Å². The Balaban J connectivity index is 1.16. The number of para-hydroxylation sites is 1. The summed E-state index contributed by atoms with van der Waals surface area (Å²) in [6.07, 6.45) is 0. The quantitative estimate of drug-likeness (QED) is 0.114. The van der Waals surface area contributed by atoms with Crippen molar-refractivity contribution in [2.24, 2.45) is 0 Å². The van der Waals surface area contributed by atoms with Crippen molar-refractivity contribution in [1.82, 2.24) is 0 Å². The normalized spacial score (nSPS) is 11.9. The maximum absolute atomic E-state index is 8.55. The average Bonchev–Trinajstić information content (AvgIpc) is 4.20. The van der Waals surface area contributed by atoms with Crippen molar-refractivity contribution in [3.8, 4) is 44.5 Å². The summed E-state index contributed by atoms with van der Waals surface area (Å²) >= 11 is 10.3. The number of benzene rings is 11. The third-order valence-corrected chi connectivity index (χ3v) is 17.6. The Hall–Kier alpha value is -8.93. The number of nitrogens with zero attached hydrogens (tertiary/aromatic N) is 3. The number of halogens is 1. The van der Waals surface area contributed by atoms with Crippen LogP contribution in [0.3, 0.4) is 0 Å². The molecular formula is C80H72ClN3S. The molecule has 0 saturated carbocycles. The van der Waals surface area contributed by atoms with Crippen LogP contribution in [0.1, 0.15) is 79.0 Å². The molecular weight excluding hydrogens is 1070 g/mol. The molecule has 0 atom stereocenters. The highest BCUT2D eigenvalue weighted by molar-refractivity contribution is 7.17. The first-order chi connectivity index (χ1) is 41.0. The van der Waals surface area contributed by atoms with Crippen molar-refractivity contribution in [2.75, 3.05) is 14.7 Å². The largest absolute Gasteiger partial charge is 0.310 e. The van der Waals surface area contributed by atoms with E-state index in [1.165, 1.54) is 27.0 Å². The van der Waals surface area contributed by atoms with Crippen LogP contribution in [-0.4, -0.2) is 0 Å². The van der Waals surface area contributed by atoms with Crippen LogP contribution in [0.25, 0.3) is 54.6 Å². The molecule has 0 N–H and O–H groups in total. The summed E-state index contributed by atoms with van der Waals surface area (Å²) in [4.78, 5) is 7.23. The standard InChI is InChI=1S/C80H72ClN3S/c1-78(2,3)61-38-43-64(44-39-61)82(71-36-23-22-35-68(71)57-29-18-12-19-30-57)66-33-24-34-67(53-66)84(72-47-42-63(80(7,8)9)52-69(72)58-31-20-13-21-32-58)74-51-60(56-27-16-11-17-28-56)50-73(77(74)81)83(65-45-40-62(41-46-65)79(4,5)6)75-54-85-76-48-37-59(49-70(75)76)55-25-14-10-15-26-55/h10-54H,1-9H3. The third-order valence-electron chi connectivity index (χ3n) is 16.3. The topological polar surface area (TPSA) is 9.72 Å². The van der Waals surface area contributed by atoms with Gasteiger partial charge in [-0.1, -0.05) is 256 Å². The van der Waals surface area contributed by atoms with E-state index in [-0.39, 0.29) is 16.2 Å². The number of anilines is 9. The number of fused-ring (bicyclic) bond motifs is 1. The minimum absolute atomic E-state index is 0.0236. The Labute approximate surface area is 512 Å². The van der Waals surface area contributed by atoms with Gasteiger partial charge >= 0.3 is 0 Å². The molecule has 85 heavy (non-hydrogen) atoms. The van der Waals surface area contributed by atoms with Gasteiger partial charge in [-0.3, -0.25) is 0 Å². The molecule has 0 aliphatic carbocycles. The molecule has 12 rings (SSSR count). The molecule has 5 heteroatoms. The maximum Gasteiger partial charge on any atom is 0.0887 e. The number of rotatable bonds is 13. The van der Waals surface area contributed by atoms with Crippen LogP contribution >= 0.6 is 22.9 Å². The van der Waals surface area contributed by atoms with Crippen molar-refractivity contribution in [3.05, 3.63) is 294 Å². The van der Waals surface area contributed by atoms with Gasteiger partial charge in [-0.25, -0.2) is 0 Å². The van der Waals surface area contributed by atoms with Crippen molar-refractivity contribution in [1.29, 1.82) is 0 Å². The van der Waals surface area contributed by atoms with Gasteiger partial charge in [0, 0.05) is 49.3 Å². The summed E-state index contributed by atoms with van der Waals surface area (Å²) in [5, 5.41) is 4.05. The second kappa shape index (κ2) is 23.3. The highest BCUT2D eigenvalue weighted by Gasteiger charge is 2.30. The first-order valence-corrected chi connectivity index (χ1v) is 30.8. The lowest BCUT2D eigenvalue weighted by Crippen LogP contribution is -2.18. The minimum Gasteiger partial charge on any atom is -0.310 e. The summed E-state index contributed by atoms with van der Waals surface area (Å²) in [6.45, 7) is 20.5. The fourth-order valence-corrected chi connectivity index (χ4v) is 12.7. The molecule has 1 heterocycles. The van der Waals surface area contributed by atoms with E-state index in [2.05, 4.69) is 349 Å². The number of thiophene rings is 1. The van der Waals surface area contributed by atoms with Crippen LogP contribution in [0.15, 0.2) is 272 Å². The lowest BCUT2D eigenvalue weighted by Gasteiger charge is -2.34. The lowest BCUT2D eigenvalue weighted by atomic mass is 9.84. The van der Waals surface area contributed by atoms with Gasteiger partial charge in [-0.2, -0.15) is 0 Å². The fraction of sp³-hybridized carbons (Fsp3) is 0.150. The Morgan fingerprint density at radius 1 is 0.282 bits per heavy atom. The highest BCUT2D eigenvalue weighted by atomic mass is 35.5. The van der Waals surface area contributed by atoms with Gasteiger partial charge in [0.25, 0.3) is 0 Å². The lowest BCUT2D eigenvalue weighted by molar-refractivity contribution is 0.590. The summed E-state index contributed by atoms with van der Waals surface area (Å²) < 4.78 is 1.19. The van der Waals surface area contributed by atoms with Crippen molar-refractivity contribution < 1.29 is 0 Å². The zero-order chi connectivity index (χ0) is 59.0. The van der Waals surface area contributed by atoms with E-state index in [1.807, 2.05) is 0 Å². The molecule has 0 unspecified atom stereocenters. The third kappa shape index (κ3) is 11.7. The summed E-state index contributed by atoms with van der Waals surface area (Å²) in [7, 11) is 0. The van der Waals surface area contributed by atoms with Gasteiger partial charge in [-0.15, -0.1) is 11.3 Å². The Bertz CT molecular complexity index is 4280. The summed E-state index contributed by atoms with van der Waals surface area (Å²) in [5.74, 6) is 0. The van der Waals surface area contributed by atoms with Gasteiger partial charge in [-0.05, 0) is 151 Å². The van der Waals surface area contributed by atoms with Crippen molar-refractivity contribution in [2.45, 2.75) is 78.6 Å². The Kier molecular flexibility index (Phi) is 15.5. The van der Waals surface area contributed by atoms with E-state index in [9.17, 15) is 0 Å². The van der Waals surface area contributed by atoms with Gasteiger partial charge in [0.05, 0.1) is 33.5 Å². The number of hydrogen-bond donors (Lipinski definition) is 0. The minimum atomic E-state index is -0.132. The smallest absolute Gasteiger partial charge is 0.0887 e. The zero-order valence-corrected chi connectivity index (χ0v) is 51.7. The van der Waals surface area contributed by atoms with Crippen LogP contribution in [0.2, 0.25) is 5.02 Å². The Morgan fingerprint density at radius 2 is 0.718 bits per heavy atom. The van der Waals surface area contributed by atoms with E-state index in [1.54, 1.807) is 11.3 Å². The van der Waals surface area contributed by atoms with Gasteiger partial charge in [0.15, 0.2) is 0 Å². The molecule has 0 spiro atoms. The van der Waals surface area contributed by atoms with Crippen LogP contribution in [0, 0.1) is 0 Å². The fourth-order valence-electron chi connectivity index (χ4n) is 11.5. The SMILES string of the molecule is CC(C)(C)c1ccc(N(c2cccc(N(c3ccc(C(C)(C)C)cc3-c3ccccc3)c3cc(-c4ccccc4)cc(N(c4ccc(C(C)(C)C)cc4)c4csc5ccc(-c6ccccc6)cc45)c3Cl)c2)c2ccccc2-c2ccccc2)cc1. The molecule has 0 aliphatic heterocycles. The van der Waals surface area contributed by atoms with Crippen LogP contribution in [-0.2, 0) is 16.2 Å². The average molecular weight is 1140 g/mol. The van der Waals surface area contributed by atoms with Gasteiger partial charge in [0.1, 0.15) is 0 Å². The molecule has 0 amide bonds. The van der Waals surface area contributed by atoms with E-state index in [4.69, 9.17) is 11.6 Å². The molecule has 0 aliphatic rings. The van der Waals surface area contributed by atoms with E-state index in [0.29, 0.717) is 5.02 Å². The predicted molar refractivity (Wildman–Crippen MR) is 369 cm³/mol.